The molecule has 1 aliphatic rings. The molecule has 0 saturated carbocycles. The Labute approximate surface area is 155 Å². The van der Waals surface area contributed by atoms with Gasteiger partial charge in [0, 0.05) is 23.1 Å². The standard InChI is InChI=1S/C16H18ClN3O3S2/c17-12-4-6-13(7-5-12)25(22,23)20(11-15-18-9-10-24-15)14-3-1-2-8-19-16(14)21/h4-7,9-10,14H,1-3,8,11H2,(H,19,21)/t14-/m1/s1. The van der Waals surface area contributed by atoms with Gasteiger partial charge in [-0.25, -0.2) is 13.4 Å². The Morgan fingerprint density at radius 3 is 2.72 bits per heavy atom. The Hall–Kier alpha value is -1.48. The van der Waals surface area contributed by atoms with Gasteiger partial charge in [-0.1, -0.05) is 11.6 Å². The molecule has 1 aliphatic heterocycles. The van der Waals surface area contributed by atoms with E-state index < -0.39 is 16.1 Å². The lowest BCUT2D eigenvalue weighted by Crippen LogP contribution is -2.48. The molecule has 2 heterocycles. The molecular weight excluding hydrogens is 382 g/mol. The van der Waals surface area contributed by atoms with E-state index in [9.17, 15) is 13.2 Å². The predicted molar refractivity (Wildman–Crippen MR) is 96.9 cm³/mol. The van der Waals surface area contributed by atoms with Crippen molar-refractivity contribution in [1.82, 2.24) is 14.6 Å². The molecule has 6 nitrogen and oxygen atoms in total. The van der Waals surface area contributed by atoms with E-state index >= 15 is 0 Å². The zero-order chi connectivity index (χ0) is 17.9. The van der Waals surface area contributed by atoms with Gasteiger partial charge in [-0.3, -0.25) is 4.79 Å². The van der Waals surface area contributed by atoms with Gasteiger partial charge in [0.05, 0.1) is 11.4 Å². The number of nitrogens with zero attached hydrogens (tertiary/aromatic N) is 2. The van der Waals surface area contributed by atoms with Crippen molar-refractivity contribution in [3.63, 3.8) is 0 Å². The summed E-state index contributed by atoms with van der Waals surface area (Å²) in [7, 11) is -3.86. The largest absolute Gasteiger partial charge is 0.355 e. The van der Waals surface area contributed by atoms with Gasteiger partial charge < -0.3 is 5.32 Å². The van der Waals surface area contributed by atoms with E-state index in [1.807, 2.05) is 0 Å². The summed E-state index contributed by atoms with van der Waals surface area (Å²) in [5, 5.41) is 5.70. The second-order valence-corrected chi connectivity index (χ2v) is 9.04. The average molecular weight is 400 g/mol. The highest BCUT2D eigenvalue weighted by Crippen LogP contribution is 2.26. The molecule has 2 aromatic rings. The van der Waals surface area contributed by atoms with Crippen LogP contribution >= 0.6 is 22.9 Å². The minimum atomic E-state index is -3.86. The molecule has 0 spiro atoms. The van der Waals surface area contributed by atoms with Gasteiger partial charge in [0.2, 0.25) is 15.9 Å². The molecule has 134 valence electrons. The first kappa shape index (κ1) is 18.3. The SMILES string of the molecule is O=C1NCCCC[C@H]1N(Cc1nccs1)S(=O)(=O)c1ccc(Cl)cc1. The van der Waals surface area contributed by atoms with Gasteiger partial charge in [-0.05, 0) is 43.5 Å². The van der Waals surface area contributed by atoms with Crippen molar-refractivity contribution in [3.8, 4) is 0 Å². The second kappa shape index (κ2) is 7.82. The molecule has 1 N–H and O–H groups in total. The van der Waals surface area contributed by atoms with E-state index in [1.165, 1.54) is 39.9 Å². The third-order valence-corrected chi connectivity index (χ3v) is 6.93. The summed E-state index contributed by atoms with van der Waals surface area (Å²) in [5.74, 6) is -0.258. The van der Waals surface area contributed by atoms with Crippen LogP contribution in [0.25, 0.3) is 0 Å². The molecule has 1 amide bonds. The number of amides is 1. The van der Waals surface area contributed by atoms with Gasteiger partial charge in [0.1, 0.15) is 11.0 Å². The van der Waals surface area contributed by atoms with Crippen molar-refractivity contribution in [2.45, 2.75) is 36.7 Å². The van der Waals surface area contributed by atoms with Crippen molar-refractivity contribution in [2.75, 3.05) is 6.54 Å². The number of carbonyl (C=O) groups excluding carboxylic acids is 1. The van der Waals surface area contributed by atoms with E-state index in [1.54, 1.807) is 11.6 Å². The van der Waals surface area contributed by atoms with Gasteiger partial charge >= 0.3 is 0 Å². The Kier molecular flexibility index (Phi) is 5.73. The minimum Gasteiger partial charge on any atom is -0.355 e. The summed E-state index contributed by atoms with van der Waals surface area (Å²) in [6.07, 6.45) is 3.74. The number of halogens is 1. The monoisotopic (exact) mass is 399 g/mol. The van der Waals surface area contributed by atoms with Crippen molar-refractivity contribution >= 4 is 38.9 Å². The summed E-state index contributed by atoms with van der Waals surface area (Å²) in [6, 6.07) is 5.24. The van der Waals surface area contributed by atoms with Crippen molar-refractivity contribution < 1.29 is 13.2 Å². The molecule has 0 bridgehead atoms. The van der Waals surface area contributed by atoms with Gasteiger partial charge in [-0.2, -0.15) is 4.31 Å². The maximum Gasteiger partial charge on any atom is 0.244 e. The van der Waals surface area contributed by atoms with Crippen molar-refractivity contribution in [1.29, 1.82) is 0 Å². The van der Waals surface area contributed by atoms with E-state index in [0.717, 1.165) is 12.8 Å². The topological polar surface area (TPSA) is 79.4 Å². The summed E-state index contributed by atoms with van der Waals surface area (Å²) in [5.41, 5.74) is 0. The van der Waals surface area contributed by atoms with E-state index in [4.69, 9.17) is 11.6 Å². The van der Waals surface area contributed by atoms with Gasteiger partial charge in [0.25, 0.3) is 0 Å². The number of nitrogens with one attached hydrogen (secondary N) is 1. The third kappa shape index (κ3) is 4.20. The summed E-state index contributed by atoms with van der Waals surface area (Å²) in [4.78, 5) is 16.8. The number of benzene rings is 1. The number of thiazole rings is 1. The number of hydrogen-bond acceptors (Lipinski definition) is 5. The first-order chi connectivity index (χ1) is 12.0. The number of rotatable bonds is 5. The van der Waals surface area contributed by atoms with Gasteiger partial charge in [-0.15, -0.1) is 11.3 Å². The molecule has 1 aromatic heterocycles. The third-order valence-electron chi connectivity index (χ3n) is 4.05. The fourth-order valence-electron chi connectivity index (χ4n) is 2.77. The van der Waals surface area contributed by atoms with Crippen LogP contribution in [0.4, 0.5) is 0 Å². The van der Waals surface area contributed by atoms with E-state index in [-0.39, 0.29) is 17.3 Å². The summed E-state index contributed by atoms with van der Waals surface area (Å²) >= 11 is 7.23. The zero-order valence-corrected chi connectivity index (χ0v) is 15.8. The maximum atomic E-state index is 13.2. The smallest absolute Gasteiger partial charge is 0.244 e. The summed E-state index contributed by atoms with van der Waals surface area (Å²) in [6.45, 7) is 0.641. The highest BCUT2D eigenvalue weighted by Gasteiger charge is 2.37. The Morgan fingerprint density at radius 1 is 1.28 bits per heavy atom. The van der Waals surface area contributed by atoms with Crippen LogP contribution in [-0.2, 0) is 21.4 Å². The molecule has 1 aromatic carbocycles. The molecular formula is C16H18ClN3O3S2. The number of carbonyl (C=O) groups is 1. The highest BCUT2D eigenvalue weighted by molar-refractivity contribution is 7.89. The molecule has 9 heteroatoms. The molecule has 0 aliphatic carbocycles. The van der Waals surface area contributed by atoms with Crippen molar-refractivity contribution in [3.05, 3.63) is 45.9 Å². The lowest BCUT2D eigenvalue weighted by molar-refractivity contribution is -0.124. The van der Waals surface area contributed by atoms with Crippen LogP contribution in [-0.4, -0.2) is 36.2 Å². The van der Waals surface area contributed by atoms with E-state index in [2.05, 4.69) is 10.3 Å². The van der Waals surface area contributed by atoms with Crippen LogP contribution < -0.4 is 5.32 Å². The Bertz CT molecular complexity index is 823. The zero-order valence-electron chi connectivity index (χ0n) is 13.4. The predicted octanol–water partition coefficient (Wildman–Crippen LogP) is 2.66. The van der Waals surface area contributed by atoms with Crippen LogP contribution in [0.2, 0.25) is 5.02 Å². The number of hydrogen-bond donors (Lipinski definition) is 1. The van der Waals surface area contributed by atoms with Crippen LogP contribution in [0.5, 0.6) is 0 Å². The Balaban J connectivity index is 2.00. The minimum absolute atomic E-state index is 0.0702. The van der Waals surface area contributed by atoms with Crippen LogP contribution in [0.1, 0.15) is 24.3 Å². The molecule has 1 atom stereocenters. The fourth-order valence-corrected chi connectivity index (χ4v) is 5.17. The number of sulfonamides is 1. The average Bonchev–Trinajstić information content (AvgIpc) is 3.01. The molecule has 3 rings (SSSR count). The lowest BCUT2D eigenvalue weighted by atomic mass is 10.1. The number of aromatic nitrogens is 1. The maximum absolute atomic E-state index is 13.2. The van der Waals surface area contributed by atoms with Gasteiger partial charge in [0.15, 0.2) is 0 Å². The first-order valence-electron chi connectivity index (χ1n) is 7.92. The normalized spacial score (nSPS) is 18.8. The highest BCUT2D eigenvalue weighted by atomic mass is 35.5. The van der Waals surface area contributed by atoms with Crippen LogP contribution in [0, 0.1) is 0 Å². The first-order valence-corrected chi connectivity index (χ1v) is 10.6. The van der Waals surface area contributed by atoms with Crippen LogP contribution in [0.3, 0.4) is 0 Å². The quantitative estimate of drug-likeness (QED) is 0.838. The molecule has 1 saturated heterocycles. The molecule has 0 radical (unpaired) electrons. The fraction of sp³-hybridized carbons (Fsp3) is 0.375. The summed E-state index contributed by atoms with van der Waals surface area (Å²) < 4.78 is 27.7. The second-order valence-electron chi connectivity index (χ2n) is 5.73. The Morgan fingerprint density at radius 2 is 2.04 bits per heavy atom. The lowest BCUT2D eigenvalue weighted by Gasteiger charge is -2.28. The molecule has 25 heavy (non-hydrogen) atoms. The molecule has 1 fully saturated rings. The molecule has 0 unspecified atom stereocenters. The van der Waals surface area contributed by atoms with Crippen LogP contribution in [0.15, 0.2) is 40.7 Å². The van der Waals surface area contributed by atoms with Crippen molar-refractivity contribution in [2.24, 2.45) is 0 Å². The van der Waals surface area contributed by atoms with E-state index in [0.29, 0.717) is 23.0 Å².